The minimum Gasteiger partial charge on any atom is -0.327 e. The number of hydrogen-bond donors (Lipinski definition) is 1. The largest absolute Gasteiger partial charge is 0.327 e. The summed E-state index contributed by atoms with van der Waals surface area (Å²) in [5.74, 6) is 1.57. The third-order valence-electron chi connectivity index (χ3n) is 4.77. The molecule has 2 heterocycles. The summed E-state index contributed by atoms with van der Waals surface area (Å²) in [6.45, 7) is 5.62. The molecule has 1 aliphatic heterocycles. The molecule has 2 fully saturated rings. The SMILES string of the molecule is Cc1ccncc1CN1CC2CCCC(N)C2C1. The summed E-state index contributed by atoms with van der Waals surface area (Å²) in [5.41, 5.74) is 8.98. The molecule has 0 spiro atoms. The molecule has 3 nitrogen and oxygen atoms in total. The highest BCUT2D eigenvalue weighted by molar-refractivity contribution is 5.21. The van der Waals surface area contributed by atoms with Gasteiger partial charge in [0.2, 0.25) is 0 Å². The Bertz CT molecular complexity index is 418. The number of pyridine rings is 1. The summed E-state index contributed by atoms with van der Waals surface area (Å²) < 4.78 is 0. The lowest BCUT2D eigenvalue weighted by Gasteiger charge is -2.29. The number of aryl methyl sites for hydroxylation is 1. The van der Waals surface area contributed by atoms with Crippen LogP contribution >= 0.6 is 0 Å². The van der Waals surface area contributed by atoms with Crippen molar-refractivity contribution in [1.29, 1.82) is 0 Å². The van der Waals surface area contributed by atoms with Gasteiger partial charge in [-0.3, -0.25) is 9.88 Å². The van der Waals surface area contributed by atoms with Gasteiger partial charge in [0.25, 0.3) is 0 Å². The molecule has 1 aromatic heterocycles. The standard InChI is InChI=1S/C15H23N3/c1-11-5-6-17-7-13(11)9-18-8-12-3-2-4-15(16)14(12)10-18/h5-7,12,14-15H,2-4,8-10,16H2,1H3. The quantitative estimate of drug-likeness (QED) is 0.866. The van der Waals surface area contributed by atoms with Crippen molar-refractivity contribution < 1.29 is 0 Å². The second kappa shape index (κ2) is 4.98. The van der Waals surface area contributed by atoms with Gasteiger partial charge in [-0.25, -0.2) is 0 Å². The minimum absolute atomic E-state index is 0.434. The van der Waals surface area contributed by atoms with Gasteiger partial charge in [-0.1, -0.05) is 6.42 Å². The monoisotopic (exact) mass is 245 g/mol. The van der Waals surface area contributed by atoms with Crippen molar-refractivity contribution in [1.82, 2.24) is 9.88 Å². The summed E-state index contributed by atoms with van der Waals surface area (Å²) >= 11 is 0. The van der Waals surface area contributed by atoms with Gasteiger partial charge in [0.05, 0.1) is 0 Å². The summed E-state index contributed by atoms with van der Waals surface area (Å²) in [6, 6.07) is 2.54. The Kier molecular flexibility index (Phi) is 3.35. The van der Waals surface area contributed by atoms with Gasteiger partial charge in [0, 0.05) is 38.1 Å². The first-order valence-corrected chi connectivity index (χ1v) is 7.11. The van der Waals surface area contributed by atoms with E-state index in [0.29, 0.717) is 6.04 Å². The molecule has 2 N–H and O–H groups in total. The fourth-order valence-corrected chi connectivity index (χ4v) is 3.64. The summed E-state index contributed by atoms with van der Waals surface area (Å²) in [4.78, 5) is 6.82. The minimum atomic E-state index is 0.434. The Morgan fingerprint density at radius 2 is 2.28 bits per heavy atom. The normalized spacial score (nSPS) is 32.4. The number of fused-ring (bicyclic) bond motifs is 1. The molecule has 1 aliphatic carbocycles. The van der Waals surface area contributed by atoms with Crippen LogP contribution in [0.15, 0.2) is 18.5 Å². The third kappa shape index (κ3) is 2.29. The molecule has 3 unspecified atom stereocenters. The fraction of sp³-hybridized carbons (Fsp3) is 0.667. The number of nitrogens with zero attached hydrogens (tertiary/aromatic N) is 2. The van der Waals surface area contributed by atoms with E-state index in [0.717, 1.165) is 18.4 Å². The van der Waals surface area contributed by atoms with E-state index in [2.05, 4.69) is 22.9 Å². The van der Waals surface area contributed by atoms with Gasteiger partial charge in [-0.2, -0.15) is 0 Å². The molecule has 18 heavy (non-hydrogen) atoms. The average Bonchev–Trinajstić information content (AvgIpc) is 2.76. The van der Waals surface area contributed by atoms with Crippen LogP contribution in [0.25, 0.3) is 0 Å². The Balaban J connectivity index is 1.67. The van der Waals surface area contributed by atoms with Crippen molar-refractivity contribution in [2.75, 3.05) is 13.1 Å². The van der Waals surface area contributed by atoms with Gasteiger partial charge < -0.3 is 5.73 Å². The molecule has 98 valence electrons. The van der Waals surface area contributed by atoms with Gasteiger partial charge in [-0.05, 0) is 48.8 Å². The van der Waals surface area contributed by atoms with Crippen molar-refractivity contribution in [3.8, 4) is 0 Å². The molecule has 0 amide bonds. The van der Waals surface area contributed by atoms with Gasteiger partial charge in [0.15, 0.2) is 0 Å². The third-order valence-corrected chi connectivity index (χ3v) is 4.77. The highest BCUT2D eigenvalue weighted by Crippen LogP contribution is 2.36. The van der Waals surface area contributed by atoms with Crippen LogP contribution in [0.2, 0.25) is 0 Å². The first-order valence-electron chi connectivity index (χ1n) is 7.11. The first kappa shape index (κ1) is 12.1. The number of likely N-dealkylation sites (tertiary alicyclic amines) is 1. The zero-order valence-corrected chi connectivity index (χ0v) is 11.2. The number of hydrogen-bond acceptors (Lipinski definition) is 3. The van der Waals surface area contributed by atoms with E-state index in [1.54, 1.807) is 0 Å². The molecule has 1 aromatic rings. The maximum atomic E-state index is 6.27. The van der Waals surface area contributed by atoms with Crippen LogP contribution in [-0.4, -0.2) is 29.0 Å². The fourth-order valence-electron chi connectivity index (χ4n) is 3.64. The highest BCUT2D eigenvalue weighted by Gasteiger charge is 2.38. The van der Waals surface area contributed by atoms with E-state index in [1.165, 1.54) is 43.5 Å². The molecule has 0 aromatic carbocycles. The zero-order chi connectivity index (χ0) is 12.5. The van der Waals surface area contributed by atoms with Crippen LogP contribution < -0.4 is 5.73 Å². The lowest BCUT2D eigenvalue weighted by Crippen LogP contribution is -2.38. The highest BCUT2D eigenvalue weighted by atomic mass is 15.2. The van der Waals surface area contributed by atoms with E-state index in [-0.39, 0.29) is 0 Å². The maximum Gasteiger partial charge on any atom is 0.0315 e. The number of aromatic nitrogens is 1. The number of nitrogens with two attached hydrogens (primary N) is 1. The molecular weight excluding hydrogens is 222 g/mol. The first-order chi connectivity index (χ1) is 8.74. The smallest absolute Gasteiger partial charge is 0.0315 e. The van der Waals surface area contributed by atoms with Crippen molar-refractivity contribution in [3.63, 3.8) is 0 Å². The van der Waals surface area contributed by atoms with Crippen molar-refractivity contribution in [2.45, 2.75) is 38.8 Å². The average molecular weight is 245 g/mol. The molecule has 1 saturated carbocycles. The summed E-state index contributed by atoms with van der Waals surface area (Å²) in [5, 5.41) is 0. The Morgan fingerprint density at radius 1 is 1.39 bits per heavy atom. The summed E-state index contributed by atoms with van der Waals surface area (Å²) in [7, 11) is 0. The van der Waals surface area contributed by atoms with E-state index < -0.39 is 0 Å². The van der Waals surface area contributed by atoms with Gasteiger partial charge in [0.1, 0.15) is 0 Å². The maximum absolute atomic E-state index is 6.27. The number of rotatable bonds is 2. The molecule has 2 aliphatic rings. The van der Waals surface area contributed by atoms with Crippen molar-refractivity contribution in [3.05, 3.63) is 29.6 Å². The molecule has 3 atom stereocenters. The van der Waals surface area contributed by atoms with Crippen LogP contribution in [0.5, 0.6) is 0 Å². The van der Waals surface area contributed by atoms with E-state index >= 15 is 0 Å². The van der Waals surface area contributed by atoms with Crippen LogP contribution in [0.3, 0.4) is 0 Å². The predicted molar refractivity (Wildman–Crippen MR) is 73.1 cm³/mol. The molecule has 1 saturated heterocycles. The molecule has 0 bridgehead atoms. The van der Waals surface area contributed by atoms with E-state index in [4.69, 9.17) is 5.73 Å². The van der Waals surface area contributed by atoms with E-state index in [9.17, 15) is 0 Å². The van der Waals surface area contributed by atoms with Crippen LogP contribution in [0.4, 0.5) is 0 Å². The predicted octanol–water partition coefficient (Wildman–Crippen LogP) is 1.95. The second-order valence-corrected chi connectivity index (χ2v) is 6.01. The molecule has 3 rings (SSSR count). The van der Waals surface area contributed by atoms with E-state index in [1.807, 2.05) is 12.4 Å². The topological polar surface area (TPSA) is 42.2 Å². The molecule has 3 heteroatoms. The Hall–Kier alpha value is -0.930. The lowest BCUT2D eigenvalue weighted by atomic mass is 9.78. The second-order valence-electron chi connectivity index (χ2n) is 6.01. The Morgan fingerprint density at radius 3 is 3.06 bits per heavy atom. The molecular formula is C15H23N3. The van der Waals surface area contributed by atoms with Crippen molar-refractivity contribution >= 4 is 0 Å². The van der Waals surface area contributed by atoms with Crippen LogP contribution in [0, 0.1) is 18.8 Å². The van der Waals surface area contributed by atoms with Gasteiger partial charge in [-0.15, -0.1) is 0 Å². The zero-order valence-electron chi connectivity index (χ0n) is 11.2. The Labute approximate surface area is 109 Å². The molecule has 0 radical (unpaired) electrons. The lowest BCUT2D eigenvalue weighted by molar-refractivity contribution is 0.259. The van der Waals surface area contributed by atoms with Gasteiger partial charge >= 0.3 is 0 Å². The van der Waals surface area contributed by atoms with Crippen LogP contribution in [-0.2, 0) is 6.54 Å². The van der Waals surface area contributed by atoms with Crippen LogP contribution in [0.1, 0.15) is 30.4 Å². The summed E-state index contributed by atoms with van der Waals surface area (Å²) in [6.07, 6.45) is 7.81. The van der Waals surface area contributed by atoms with Crippen molar-refractivity contribution in [2.24, 2.45) is 17.6 Å².